The first-order valence-corrected chi connectivity index (χ1v) is 12.3. The largest absolute Gasteiger partial charge is 0.487 e. The van der Waals surface area contributed by atoms with Crippen LogP contribution in [0.2, 0.25) is 0 Å². The van der Waals surface area contributed by atoms with Gasteiger partial charge in [-0.15, -0.1) is 0 Å². The van der Waals surface area contributed by atoms with Gasteiger partial charge in [0.2, 0.25) is 0 Å². The molecule has 0 bridgehead atoms. The van der Waals surface area contributed by atoms with E-state index in [0.29, 0.717) is 6.54 Å². The lowest BCUT2D eigenvalue weighted by atomic mass is 9.86. The van der Waals surface area contributed by atoms with Gasteiger partial charge in [-0.2, -0.15) is 0 Å². The summed E-state index contributed by atoms with van der Waals surface area (Å²) < 4.78 is 6.53. The fraction of sp³-hybridized carbons (Fsp3) is 0.538. The summed E-state index contributed by atoms with van der Waals surface area (Å²) in [5.41, 5.74) is 2.40. The Morgan fingerprint density at radius 3 is 2.78 bits per heavy atom. The van der Waals surface area contributed by atoms with Gasteiger partial charge in [0.05, 0.1) is 12.6 Å². The number of para-hydroxylation sites is 1. The minimum absolute atomic E-state index is 0.0287. The Morgan fingerprint density at radius 1 is 1.16 bits per heavy atom. The fourth-order valence-electron chi connectivity index (χ4n) is 5.41. The molecule has 6 heteroatoms. The third-order valence-electron chi connectivity index (χ3n) is 7.03. The summed E-state index contributed by atoms with van der Waals surface area (Å²) in [5, 5.41) is 7.19. The lowest BCUT2D eigenvalue weighted by molar-refractivity contribution is 0.0396. The molecule has 2 aliphatic heterocycles. The molecular formula is C26H35N5O. The molecular weight excluding hydrogens is 398 g/mol. The molecule has 1 saturated carbocycles. The molecule has 2 N–H and O–H groups in total. The van der Waals surface area contributed by atoms with Crippen molar-refractivity contribution in [3.63, 3.8) is 0 Å². The number of hydrogen-bond donors (Lipinski definition) is 2. The Morgan fingerprint density at radius 2 is 1.97 bits per heavy atom. The Bertz CT molecular complexity index is 947. The van der Waals surface area contributed by atoms with Crippen LogP contribution in [0.15, 0.2) is 47.6 Å². The third-order valence-corrected chi connectivity index (χ3v) is 7.03. The minimum Gasteiger partial charge on any atom is -0.487 e. The molecule has 1 aromatic carbocycles. The molecule has 1 saturated heterocycles. The highest BCUT2D eigenvalue weighted by atomic mass is 16.5. The Balaban J connectivity index is 1.34. The van der Waals surface area contributed by atoms with Gasteiger partial charge in [0.15, 0.2) is 5.96 Å². The second kappa shape index (κ2) is 9.39. The molecule has 0 radical (unpaired) electrons. The first-order chi connectivity index (χ1) is 15.7. The van der Waals surface area contributed by atoms with Crippen molar-refractivity contribution in [2.45, 2.75) is 70.1 Å². The molecule has 1 unspecified atom stereocenters. The number of anilines is 1. The van der Waals surface area contributed by atoms with E-state index < -0.39 is 0 Å². The van der Waals surface area contributed by atoms with E-state index in [1.165, 1.54) is 36.8 Å². The summed E-state index contributed by atoms with van der Waals surface area (Å²) in [4.78, 5) is 11.9. The second-order valence-electron chi connectivity index (χ2n) is 9.34. The number of aliphatic imine (C=N–C) groups is 1. The number of fused-ring (bicyclic) bond motifs is 1. The number of guanidine groups is 1. The molecule has 1 spiro atoms. The van der Waals surface area contributed by atoms with Gasteiger partial charge in [0, 0.05) is 37.8 Å². The average molecular weight is 434 g/mol. The van der Waals surface area contributed by atoms with Gasteiger partial charge < -0.3 is 20.3 Å². The van der Waals surface area contributed by atoms with E-state index in [1.54, 1.807) is 0 Å². The quantitative estimate of drug-likeness (QED) is 0.534. The molecule has 3 aliphatic rings. The number of ether oxygens (including phenoxy) is 1. The van der Waals surface area contributed by atoms with Crippen molar-refractivity contribution in [3.8, 4) is 5.75 Å². The van der Waals surface area contributed by atoms with Crippen LogP contribution in [0.1, 0.15) is 69.0 Å². The van der Waals surface area contributed by atoms with E-state index in [2.05, 4.69) is 63.8 Å². The van der Waals surface area contributed by atoms with Crippen molar-refractivity contribution in [3.05, 3.63) is 53.7 Å². The lowest BCUT2D eigenvalue weighted by Crippen LogP contribution is -2.46. The van der Waals surface area contributed by atoms with E-state index in [0.717, 1.165) is 56.4 Å². The van der Waals surface area contributed by atoms with Crippen LogP contribution < -0.4 is 20.3 Å². The first-order valence-electron chi connectivity index (χ1n) is 12.3. The average Bonchev–Trinajstić information content (AvgIpc) is 3.51. The Kier molecular flexibility index (Phi) is 6.19. The topological polar surface area (TPSA) is 61.8 Å². The van der Waals surface area contributed by atoms with E-state index >= 15 is 0 Å². The summed E-state index contributed by atoms with van der Waals surface area (Å²) in [6.07, 6.45) is 10.2. The number of nitrogens with one attached hydrogen (secondary N) is 2. The Labute approximate surface area is 191 Å². The van der Waals surface area contributed by atoms with Crippen LogP contribution in [0, 0.1) is 0 Å². The maximum atomic E-state index is 6.53. The smallest absolute Gasteiger partial charge is 0.192 e. The second-order valence-corrected chi connectivity index (χ2v) is 9.34. The molecule has 1 atom stereocenters. The van der Waals surface area contributed by atoms with E-state index in [4.69, 9.17) is 9.73 Å². The van der Waals surface area contributed by atoms with Gasteiger partial charge in [0.1, 0.15) is 17.2 Å². The van der Waals surface area contributed by atoms with Crippen molar-refractivity contribution in [2.75, 3.05) is 24.5 Å². The maximum absolute atomic E-state index is 6.53. The highest BCUT2D eigenvalue weighted by molar-refractivity contribution is 5.80. The molecule has 170 valence electrons. The fourth-order valence-corrected chi connectivity index (χ4v) is 5.41. The highest BCUT2D eigenvalue weighted by Gasteiger charge is 2.43. The summed E-state index contributed by atoms with van der Waals surface area (Å²) in [6.45, 7) is 5.79. The van der Waals surface area contributed by atoms with E-state index in [-0.39, 0.29) is 11.6 Å². The highest BCUT2D eigenvalue weighted by Crippen LogP contribution is 2.46. The third kappa shape index (κ3) is 4.54. The number of rotatable bonds is 5. The normalized spacial score (nSPS) is 22.0. The van der Waals surface area contributed by atoms with Crippen LogP contribution in [0.3, 0.4) is 0 Å². The van der Waals surface area contributed by atoms with Crippen LogP contribution in [0.4, 0.5) is 5.82 Å². The van der Waals surface area contributed by atoms with Crippen molar-refractivity contribution in [1.82, 2.24) is 15.6 Å². The number of nitrogens with zero attached hydrogens (tertiary/aromatic N) is 3. The van der Waals surface area contributed by atoms with Gasteiger partial charge >= 0.3 is 0 Å². The van der Waals surface area contributed by atoms with Crippen molar-refractivity contribution in [1.29, 1.82) is 0 Å². The van der Waals surface area contributed by atoms with E-state index in [1.807, 2.05) is 6.20 Å². The summed E-state index contributed by atoms with van der Waals surface area (Å²) in [7, 11) is 0. The first kappa shape index (κ1) is 21.1. The molecule has 3 heterocycles. The predicted octanol–water partition coefficient (Wildman–Crippen LogP) is 4.57. The van der Waals surface area contributed by atoms with Crippen LogP contribution in [-0.2, 0) is 6.54 Å². The summed E-state index contributed by atoms with van der Waals surface area (Å²) in [6, 6.07) is 12.9. The van der Waals surface area contributed by atoms with Gasteiger partial charge in [-0.25, -0.2) is 9.98 Å². The van der Waals surface area contributed by atoms with E-state index in [9.17, 15) is 0 Å². The maximum Gasteiger partial charge on any atom is 0.192 e. The molecule has 2 aromatic rings. The SMILES string of the molecule is CCNC(=NCc1ccnc(N2CCCC2)c1)NC1CC2(CCCC2)Oc2ccccc21. The number of aromatic nitrogens is 1. The standard InChI is InChI=1S/C26H35N5O/c1-2-27-25(29-19-20-11-14-28-24(17-20)31-15-7-8-16-31)30-22-18-26(12-5-6-13-26)32-23-10-4-3-9-21(22)23/h3-4,9-11,14,17,22H,2,5-8,12-13,15-16,18-19H2,1H3,(H2,27,29,30). The Hall–Kier alpha value is -2.76. The molecule has 2 fully saturated rings. The zero-order chi connectivity index (χ0) is 21.8. The van der Waals surface area contributed by atoms with Crippen molar-refractivity contribution >= 4 is 11.8 Å². The zero-order valence-electron chi connectivity index (χ0n) is 19.1. The number of pyridine rings is 1. The van der Waals surface area contributed by atoms with Crippen molar-refractivity contribution in [2.24, 2.45) is 4.99 Å². The van der Waals surface area contributed by atoms with Crippen LogP contribution in [-0.4, -0.2) is 36.2 Å². The van der Waals surface area contributed by atoms with Gasteiger partial charge in [0.25, 0.3) is 0 Å². The van der Waals surface area contributed by atoms with Crippen LogP contribution in [0.5, 0.6) is 5.75 Å². The van der Waals surface area contributed by atoms with Crippen LogP contribution >= 0.6 is 0 Å². The summed E-state index contributed by atoms with van der Waals surface area (Å²) in [5.74, 6) is 2.97. The molecule has 0 amide bonds. The van der Waals surface area contributed by atoms with Gasteiger partial charge in [-0.3, -0.25) is 0 Å². The molecule has 1 aromatic heterocycles. The molecule has 5 rings (SSSR count). The molecule has 6 nitrogen and oxygen atoms in total. The molecule has 32 heavy (non-hydrogen) atoms. The zero-order valence-corrected chi connectivity index (χ0v) is 19.1. The van der Waals surface area contributed by atoms with Gasteiger partial charge in [-0.1, -0.05) is 18.2 Å². The monoisotopic (exact) mass is 433 g/mol. The molecule has 1 aliphatic carbocycles. The lowest BCUT2D eigenvalue weighted by Gasteiger charge is -2.40. The van der Waals surface area contributed by atoms with Crippen molar-refractivity contribution < 1.29 is 4.74 Å². The summed E-state index contributed by atoms with van der Waals surface area (Å²) >= 11 is 0. The van der Waals surface area contributed by atoms with Gasteiger partial charge in [-0.05, 0) is 69.2 Å². The number of hydrogen-bond acceptors (Lipinski definition) is 4. The predicted molar refractivity (Wildman–Crippen MR) is 129 cm³/mol. The van der Waals surface area contributed by atoms with Crippen LogP contribution in [0.25, 0.3) is 0 Å². The minimum atomic E-state index is -0.0287. The number of benzene rings is 1.